The normalized spacial score (nSPS) is 15.7. The lowest BCUT2D eigenvalue weighted by Crippen LogP contribution is -2.44. The van der Waals surface area contributed by atoms with E-state index in [9.17, 15) is 4.79 Å². The molecule has 0 aromatic carbocycles. The lowest BCUT2D eigenvalue weighted by Gasteiger charge is -2.17. The third-order valence-electron chi connectivity index (χ3n) is 2.01. The zero-order valence-corrected chi connectivity index (χ0v) is 9.07. The summed E-state index contributed by atoms with van der Waals surface area (Å²) in [7, 11) is 0. The molecular formula is C10H19N3O2. The molecule has 0 aliphatic heterocycles. The van der Waals surface area contributed by atoms with Crippen LogP contribution in [0.15, 0.2) is 17.6 Å². The zero-order chi connectivity index (χ0) is 11.9. The molecule has 5 N–H and O–H groups in total. The predicted molar refractivity (Wildman–Crippen MR) is 60.8 cm³/mol. The van der Waals surface area contributed by atoms with E-state index in [1.165, 1.54) is 6.92 Å². The summed E-state index contributed by atoms with van der Waals surface area (Å²) in [6.07, 6.45) is 3.21. The van der Waals surface area contributed by atoms with Gasteiger partial charge < -0.3 is 16.6 Å². The molecule has 0 radical (unpaired) electrons. The summed E-state index contributed by atoms with van der Waals surface area (Å²) in [4.78, 5) is 14.7. The second-order valence-electron chi connectivity index (χ2n) is 3.69. The monoisotopic (exact) mass is 213 g/mol. The maximum absolute atomic E-state index is 10.7. The lowest BCUT2D eigenvalue weighted by atomic mass is 9.98. The van der Waals surface area contributed by atoms with Gasteiger partial charge in [-0.3, -0.25) is 9.79 Å². The molecule has 15 heavy (non-hydrogen) atoms. The molecule has 0 spiro atoms. The Labute approximate surface area is 89.9 Å². The van der Waals surface area contributed by atoms with E-state index in [0.29, 0.717) is 31.6 Å². The van der Waals surface area contributed by atoms with E-state index >= 15 is 0 Å². The maximum atomic E-state index is 10.7. The highest BCUT2D eigenvalue weighted by atomic mass is 16.4. The lowest BCUT2D eigenvalue weighted by molar-refractivity contribution is -0.142. The molecule has 0 saturated carbocycles. The Morgan fingerprint density at radius 1 is 1.67 bits per heavy atom. The Hall–Kier alpha value is -1.36. The van der Waals surface area contributed by atoms with E-state index in [1.807, 2.05) is 0 Å². The van der Waals surface area contributed by atoms with Crippen molar-refractivity contribution in [2.24, 2.45) is 16.5 Å². The van der Waals surface area contributed by atoms with Gasteiger partial charge >= 0.3 is 5.97 Å². The fourth-order valence-corrected chi connectivity index (χ4v) is 0.988. The topological polar surface area (TPSA) is 102 Å². The van der Waals surface area contributed by atoms with Gasteiger partial charge in [0.25, 0.3) is 0 Å². The fourth-order valence-electron chi connectivity index (χ4n) is 0.988. The van der Waals surface area contributed by atoms with Gasteiger partial charge in [-0.1, -0.05) is 6.08 Å². The van der Waals surface area contributed by atoms with Crippen molar-refractivity contribution in [1.82, 2.24) is 0 Å². The zero-order valence-electron chi connectivity index (χ0n) is 9.07. The third kappa shape index (κ3) is 5.85. The Bertz CT molecular complexity index is 259. The Morgan fingerprint density at radius 3 is 2.73 bits per heavy atom. The Morgan fingerprint density at radius 2 is 2.27 bits per heavy atom. The summed E-state index contributed by atoms with van der Waals surface area (Å²) in [5.74, 6) is -0.482. The molecule has 0 rings (SSSR count). The molecule has 0 bridgehead atoms. The first-order valence-electron chi connectivity index (χ1n) is 4.82. The highest BCUT2D eigenvalue weighted by molar-refractivity contribution is 5.81. The molecule has 0 unspecified atom stereocenters. The van der Waals surface area contributed by atoms with Gasteiger partial charge in [0.2, 0.25) is 0 Å². The molecule has 0 aliphatic carbocycles. The molecule has 0 heterocycles. The van der Waals surface area contributed by atoms with E-state index in [1.54, 1.807) is 6.08 Å². The van der Waals surface area contributed by atoms with Crippen molar-refractivity contribution in [1.29, 1.82) is 0 Å². The molecule has 0 fully saturated rings. The average molecular weight is 213 g/mol. The van der Waals surface area contributed by atoms with Crippen molar-refractivity contribution in [3.05, 3.63) is 12.7 Å². The van der Waals surface area contributed by atoms with E-state index in [-0.39, 0.29) is 0 Å². The van der Waals surface area contributed by atoms with Gasteiger partial charge in [0, 0.05) is 13.0 Å². The molecule has 5 heteroatoms. The molecule has 1 atom stereocenters. The number of rotatable bonds is 7. The van der Waals surface area contributed by atoms with E-state index in [0.717, 1.165) is 0 Å². The SMILES string of the molecule is C=CCC(N)=NCCC[C@](C)(N)C(=O)O. The summed E-state index contributed by atoms with van der Waals surface area (Å²) >= 11 is 0. The number of carbonyl (C=O) groups is 1. The van der Waals surface area contributed by atoms with Crippen LogP contribution in [0.5, 0.6) is 0 Å². The van der Waals surface area contributed by atoms with Crippen molar-refractivity contribution in [2.75, 3.05) is 6.54 Å². The molecule has 0 aromatic heterocycles. The van der Waals surface area contributed by atoms with Gasteiger partial charge in [0.15, 0.2) is 0 Å². The number of amidine groups is 1. The van der Waals surface area contributed by atoms with Crippen molar-refractivity contribution >= 4 is 11.8 Å². The Kier molecular flexibility index (Phi) is 5.62. The van der Waals surface area contributed by atoms with Gasteiger partial charge in [-0.05, 0) is 19.8 Å². The molecule has 0 saturated heterocycles. The first-order chi connectivity index (χ1) is 6.90. The van der Waals surface area contributed by atoms with Crippen molar-refractivity contribution in [3.8, 4) is 0 Å². The van der Waals surface area contributed by atoms with Gasteiger partial charge in [-0.2, -0.15) is 0 Å². The van der Waals surface area contributed by atoms with Crippen molar-refractivity contribution in [2.45, 2.75) is 31.7 Å². The van der Waals surface area contributed by atoms with Gasteiger partial charge in [-0.25, -0.2) is 0 Å². The second kappa shape index (κ2) is 6.19. The molecule has 86 valence electrons. The predicted octanol–water partition coefficient (Wildman–Crippen LogP) is 0.502. The van der Waals surface area contributed by atoms with E-state index in [4.69, 9.17) is 16.6 Å². The number of aliphatic carboxylic acids is 1. The second-order valence-corrected chi connectivity index (χ2v) is 3.69. The molecule has 0 aliphatic rings. The number of hydrogen-bond donors (Lipinski definition) is 3. The van der Waals surface area contributed by atoms with Crippen LogP contribution in [0.1, 0.15) is 26.2 Å². The van der Waals surface area contributed by atoms with Crippen LogP contribution in [0, 0.1) is 0 Å². The minimum Gasteiger partial charge on any atom is -0.480 e. The van der Waals surface area contributed by atoms with Crippen LogP contribution in [0.2, 0.25) is 0 Å². The molecule has 0 amide bonds. The number of aliphatic imine (C=N–C) groups is 1. The van der Waals surface area contributed by atoms with Crippen LogP contribution < -0.4 is 11.5 Å². The largest absolute Gasteiger partial charge is 0.480 e. The van der Waals surface area contributed by atoms with Gasteiger partial charge in [0.1, 0.15) is 5.54 Å². The van der Waals surface area contributed by atoms with Crippen LogP contribution in [-0.4, -0.2) is 29.0 Å². The molecular weight excluding hydrogens is 194 g/mol. The summed E-state index contributed by atoms with van der Waals surface area (Å²) in [6, 6.07) is 0. The van der Waals surface area contributed by atoms with Crippen LogP contribution in [0.3, 0.4) is 0 Å². The summed E-state index contributed by atoms with van der Waals surface area (Å²) in [5, 5.41) is 8.74. The quantitative estimate of drug-likeness (QED) is 0.248. The minimum atomic E-state index is -1.18. The van der Waals surface area contributed by atoms with Crippen molar-refractivity contribution in [3.63, 3.8) is 0 Å². The molecule has 0 aromatic rings. The number of nitrogens with two attached hydrogens (primary N) is 2. The average Bonchev–Trinajstić information content (AvgIpc) is 2.13. The smallest absolute Gasteiger partial charge is 0.323 e. The number of carboxylic acid groups (broad SMARTS) is 1. The summed E-state index contributed by atoms with van der Waals surface area (Å²) in [5.41, 5.74) is 9.89. The van der Waals surface area contributed by atoms with Crippen LogP contribution in [-0.2, 0) is 4.79 Å². The van der Waals surface area contributed by atoms with Crippen LogP contribution >= 0.6 is 0 Å². The highest BCUT2D eigenvalue weighted by Crippen LogP contribution is 2.08. The van der Waals surface area contributed by atoms with E-state index in [2.05, 4.69) is 11.6 Å². The van der Waals surface area contributed by atoms with Gasteiger partial charge in [0.05, 0.1) is 5.84 Å². The van der Waals surface area contributed by atoms with Crippen LogP contribution in [0.4, 0.5) is 0 Å². The maximum Gasteiger partial charge on any atom is 0.323 e. The molecule has 5 nitrogen and oxygen atoms in total. The van der Waals surface area contributed by atoms with Crippen molar-refractivity contribution < 1.29 is 9.90 Å². The standard InChI is InChI=1S/C10H19N3O2/c1-3-5-8(11)13-7-4-6-10(2,12)9(14)15/h3H,1,4-7,12H2,2H3,(H2,11,13)(H,14,15)/t10-/m0/s1. The van der Waals surface area contributed by atoms with Gasteiger partial charge in [-0.15, -0.1) is 6.58 Å². The summed E-state index contributed by atoms with van der Waals surface area (Å²) in [6.45, 7) is 5.52. The van der Waals surface area contributed by atoms with E-state index < -0.39 is 11.5 Å². The number of hydrogen-bond acceptors (Lipinski definition) is 3. The first-order valence-corrected chi connectivity index (χ1v) is 4.82. The first kappa shape index (κ1) is 13.6. The third-order valence-corrected chi connectivity index (χ3v) is 2.01. The number of carboxylic acids is 1. The minimum absolute atomic E-state index is 0.382. The highest BCUT2D eigenvalue weighted by Gasteiger charge is 2.26. The summed E-state index contributed by atoms with van der Waals surface area (Å²) < 4.78 is 0. The van der Waals surface area contributed by atoms with Crippen LogP contribution in [0.25, 0.3) is 0 Å². The fraction of sp³-hybridized carbons (Fsp3) is 0.600. The Balaban J connectivity index is 3.85. The number of nitrogens with zero attached hydrogens (tertiary/aromatic N) is 1.